The molecule has 0 saturated carbocycles. The zero-order valence-corrected chi connectivity index (χ0v) is 17.6. The standard InChI is InChI=1S/C20H18ClF2NO6S/c21-16-5-3-12(8-19(16)31(27,28)24-10-14-2-1-7-29-14)20(26)30-11-18(25)15-9-13(22)4-6-17(15)23/h3-6,8-9,14,24H,1-2,7,10-11H2. The number of ketones is 1. The van der Waals surface area contributed by atoms with E-state index in [1.54, 1.807) is 0 Å². The minimum Gasteiger partial charge on any atom is -0.454 e. The fourth-order valence-corrected chi connectivity index (χ4v) is 4.52. The first-order valence-corrected chi connectivity index (χ1v) is 11.1. The zero-order chi connectivity index (χ0) is 22.6. The van der Waals surface area contributed by atoms with Crippen molar-refractivity contribution in [3.05, 3.63) is 64.2 Å². The highest BCUT2D eigenvalue weighted by molar-refractivity contribution is 7.89. The summed E-state index contributed by atoms with van der Waals surface area (Å²) in [5.41, 5.74) is -0.750. The molecule has 11 heteroatoms. The lowest BCUT2D eigenvalue weighted by molar-refractivity contribution is 0.0473. The van der Waals surface area contributed by atoms with Gasteiger partial charge < -0.3 is 9.47 Å². The summed E-state index contributed by atoms with van der Waals surface area (Å²) >= 11 is 5.99. The fourth-order valence-electron chi connectivity index (χ4n) is 2.93. The van der Waals surface area contributed by atoms with Crippen LogP contribution in [0.5, 0.6) is 0 Å². The van der Waals surface area contributed by atoms with Gasteiger partial charge in [-0.1, -0.05) is 11.6 Å². The largest absolute Gasteiger partial charge is 0.454 e. The molecule has 1 N–H and O–H groups in total. The molecule has 2 aromatic carbocycles. The van der Waals surface area contributed by atoms with Gasteiger partial charge in [0.15, 0.2) is 6.61 Å². The number of nitrogens with one attached hydrogen (secondary N) is 1. The predicted molar refractivity (Wildman–Crippen MR) is 107 cm³/mol. The predicted octanol–water partition coefficient (Wildman–Crippen LogP) is 3.12. The first kappa shape index (κ1) is 23.3. The van der Waals surface area contributed by atoms with Crippen molar-refractivity contribution < 1.29 is 36.3 Å². The molecule has 0 bridgehead atoms. The zero-order valence-electron chi connectivity index (χ0n) is 16.1. The van der Waals surface area contributed by atoms with E-state index in [-0.39, 0.29) is 28.1 Å². The highest BCUT2D eigenvalue weighted by Gasteiger charge is 2.24. The number of rotatable bonds is 8. The minimum atomic E-state index is -4.05. The number of Topliss-reactive ketones (excluding diaryl/α,β-unsaturated/α-hetero) is 1. The molecule has 166 valence electrons. The summed E-state index contributed by atoms with van der Waals surface area (Å²) < 4.78 is 64.6. The van der Waals surface area contributed by atoms with Crippen LogP contribution in [-0.4, -0.2) is 46.0 Å². The molecule has 1 aliphatic rings. The second-order valence-electron chi connectivity index (χ2n) is 6.76. The van der Waals surface area contributed by atoms with Gasteiger partial charge in [0, 0.05) is 13.2 Å². The number of halogens is 3. The molecule has 1 heterocycles. The van der Waals surface area contributed by atoms with Crippen LogP contribution in [0.15, 0.2) is 41.3 Å². The van der Waals surface area contributed by atoms with Gasteiger partial charge >= 0.3 is 5.97 Å². The molecular weight excluding hydrogens is 456 g/mol. The van der Waals surface area contributed by atoms with Crippen molar-refractivity contribution in [2.45, 2.75) is 23.8 Å². The molecule has 1 fully saturated rings. The first-order valence-electron chi connectivity index (χ1n) is 9.23. The maximum Gasteiger partial charge on any atom is 0.338 e. The summed E-state index contributed by atoms with van der Waals surface area (Å²) in [4.78, 5) is 23.9. The Bertz CT molecular complexity index is 1100. The molecule has 1 aliphatic heterocycles. The smallest absolute Gasteiger partial charge is 0.338 e. The molecule has 0 aromatic heterocycles. The van der Waals surface area contributed by atoms with Crippen LogP contribution in [0.3, 0.4) is 0 Å². The Kier molecular flexibility index (Phi) is 7.37. The normalized spacial score (nSPS) is 16.3. The van der Waals surface area contributed by atoms with E-state index >= 15 is 0 Å². The Morgan fingerprint density at radius 1 is 1.19 bits per heavy atom. The molecule has 7 nitrogen and oxygen atoms in total. The number of carbonyl (C=O) groups excluding carboxylic acids is 2. The second kappa shape index (κ2) is 9.82. The molecule has 31 heavy (non-hydrogen) atoms. The van der Waals surface area contributed by atoms with Crippen LogP contribution in [0.2, 0.25) is 5.02 Å². The summed E-state index contributed by atoms with van der Waals surface area (Å²) in [5.74, 6) is -3.76. The lowest BCUT2D eigenvalue weighted by Gasteiger charge is -2.13. The quantitative estimate of drug-likeness (QED) is 0.467. The molecule has 1 unspecified atom stereocenters. The van der Waals surface area contributed by atoms with Crippen molar-refractivity contribution in [3.8, 4) is 0 Å². The Balaban J connectivity index is 1.69. The molecule has 0 amide bonds. The van der Waals surface area contributed by atoms with E-state index in [1.807, 2.05) is 0 Å². The van der Waals surface area contributed by atoms with Crippen molar-refractivity contribution in [3.63, 3.8) is 0 Å². The molecule has 2 aromatic rings. The minimum absolute atomic E-state index is 0.0566. The van der Waals surface area contributed by atoms with Crippen LogP contribution in [0.4, 0.5) is 8.78 Å². The van der Waals surface area contributed by atoms with Gasteiger partial charge in [-0.3, -0.25) is 4.79 Å². The monoisotopic (exact) mass is 473 g/mol. The Morgan fingerprint density at radius 3 is 2.68 bits per heavy atom. The van der Waals surface area contributed by atoms with E-state index in [0.717, 1.165) is 31.0 Å². The van der Waals surface area contributed by atoms with E-state index in [1.165, 1.54) is 12.1 Å². The van der Waals surface area contributed by atoms with E-state index < -0.39 is 45.6 Å². The number of ether oxygens (including phenoxy) is 2. The lowest BCUT2D eigenvalue weighted by atomic mass is 10.1. The number of benzene rings is 2. The van der Waals surface area contributed by atoms with Gasteiger partial charge in [-0.15, -0.1) is 0 Å². The number of hydrogen-bond donors (Lipinski definition) is 1. The number of esters is 1. The van der Waals surface area contributed by atoms with Crippen molar-refractivity contribution in [2.24, 2.45) is 0 Å². The molecule has 0 spiro atoms. The van der Waals surface area contributed by atoms with Crippen molar-refractivity contribution in [2.75, 3.05) is 19.8 Å². The third kappa shape index (κ3) is 5.85. The summed E-state index contributed by atoms with van der Waals surface area (Å²) in [6.07, 6.45) is 1.32. The number of hydrogen-bond acceptors (Lipinski definition) is 6. The molecule has 0 aliphatic carbocycles. The number of carbonyl (C=O) groups is 2. The molecule has 0 radical (unpaired) electrons. The molecule has 1 atom stereocenters. The molecule has 1 saturated heterocycles. The van der Waals surface area contributed by atoms with Crippen LogP contribution in [-0.2, 0) is 19.5 Å². The Hall–Kier alpha value is -2.40. The van der Waals surface area contributed by atoms with Crippen LogP contribution in [0, 0.1) is 11.6 Å². The maximum atomic E-state index is 13.7. The van der Waals surface area contributed by atoms with Crippen molar-refractivity contribution in [1.82, 2.24) is 4.72 Å². The van der Waals surface area contributed by atoms with Gasteiger partial charge in [0.25, 0.3) is 0 Å². The third-order valence-corrected chi connectivity index (χ3v) is 6.45. The van der Waals surface area contributed by atoms with E-state index in [0.29, 0.717) is 12.7 Å². The fraction of sp³-hybridized carbons (Fsp3) is 0.300. The van der Waals surface area contributed by atoms with Gasteiger partial charge in [-0.2, -0.15) is 0 Å². The van der Waals surface area contributed by atoms with Gasteiger partial charge in [-0.05, 0) is 49.2 Å². The highest BCUT2D eigenvalue weighted by Crippen LogP contribution is 2.24. The van der Waals surface area contributed by atoms with Crippen molar-refractivity contribution in [1.29, 1.82) is 0 Å². The molecular formula is C20H18ClF2NO6S. The SMILES string of the molecule is O=C(OCC(=O)c1cc(F)ccc1F)c1ccc(Cl)c(S(=O)(=O)NCC2CCCO2)c1. The highest BCUT2D eigenvalue weighted by atomic mass is 35.5. The molecule has 3 rings (SSSR count). The van der Waals surface area contributed by atoms with Gasteiger partial charge in [0.05, 0.1) is 22.3 Å². The Morgan fingerprint density at radius 2 is 1.97 bits per heavy atom. The summed E-state index contributed by atoms with van der Waals surface area (Å²) in [6.45, 7) is -0.241. The summed E-state index contributed by atoms with van der Waals surface area (Å²) in [6, 6.07) is 5.75. The van der Waals surface area contributed by atoms with Crippen LogP contribution < -0.4 is 4.72 Å². The van der Waals surface area contributed by atoms with E-state index in [2.05, 4.69) is 4.72 Å². The van der Waals surface area contributed by atoms with Crippen LogP contribution >= 0.6 is 11.6 Å². The topological polar surface area (TPSA) is 98.8 Å². The number of sulfonamides is 1. The van der Waals surface area contributed by atoms with Gasteiger partial charge in [0.1, 0.15) is 16.5 Å². The van der Waals surface area contributed by atoms with E-state index in [9.17, 15) is 26.8 Å². The summed E-state index contributed by atoms with van der Waals surface area (Å²) in [5, 5.41) is -0.116. The van der Waals surface area contributed by atoms with E-state index in [4.69, 9.17) is 21.1 Å². The lowest BCUT2D eigenvalue weighted by Crippen LogP contribution is -2.32. The van der Waals surface area contributed by atoms with Gasteiger partial charge in [-0.25, -0.2) is 26.7 Å². The first-order chi connectivity index (χ1) is 14.7. The average Bonchev–Trinajstić information content (AvgIpc) is 3.26. The van der Waals surface area contributed by atoms with Crippen molar-refractivity contribution >= 4 is 33.4 Å². The van der Waals surface area contributed by atoms with Crippen LogP contribution in [0.25, 0.3) is 0 Å². The van der Waals surface area contributed by atoms with Gasteiger partial charge in [0.2, 0.25) is 15.8 Å². The summed E-state index contributed by atoms with van der Waals surface area (Å²) in [7, 11) is -4.05. The second-order valence-corrected chi connectivity index (χ2v) is 8.90. The van der Waals surface area contributed by atoms with Crippen LogP contribution in [0.1, 0.15) is 33.6 Å². The third-order valence-electron chi connectivity index (χ3n) is 4.54. The maximum absolute atomic E-state index is 13.7. The Labute approximate surface area is 182 Å². The average molecular weight is 474 g/mol.